The molecule has 0 saturated carbocycles. The number of hydrogen-bond donors (Lipinski definition) is 1. The number of aryl methyl sites for hydroxylation is 1. The Morgan fingerprint density at radius 3 is 2.88 bits per heavy atom. The van der Waals surface area contributed by atoms with Crippen LogP contribution in [0.25, 0.3) is 11.3 Å². The SMILES string of the molecule is COC(=O)c1cc(C)c(-c2ccn[nH]2)cn1. The molecule has 0 saturated heterocycles. The van der Waals surface area contributed by atoms with Gasteiger partial charge in [-0.2, -0.15) is 5.10 Å². The Hall–Kier alpha value is -2.17. The first kappa shape index (κ1) is 10.4. The molecule has 0 aliphatic carbocycles. The lowest BCUT2D eigenvalue weighted by atomic mass is 10.1. The number of pyridine rings is 1. The molecule has 0 unspecified atom stereocenters. The quantitative estimate of drug-likeness (QED) is 0.775. The molecular weight excluding hydrogens is 206 g/mol. The molecule has 0 aliphatic heterocycles. The zero-order chi connectivity index (χ0) is 11.5. The van der Waals surface area contributed by atoms with E-state index in [0.29, 0.717) is 5.69 Å². The summed E-state index contributed by atoms with van der Waals surface area (Å²) >= 11 is 0. The Labute approximate surface area is 92.5 Å². The summed E-state index contributed by atoms with van der Waals surface area (Å²) in [6.45, 7) is 1.91. The van der Waals surface area contributed by atoms with Crippen molar-refractivity contribution in [3.05, 3.63) is 35.8 Å². The van der Waals surface area contributed by atoms with Crippen LogP contribution in [0.4, 0.5) is 0 Å². The lowest BCUT2D eigenvalue weighted by Crippen LogP contribution is -2.04. The van der Waals surface area contributed by atoms with Gasteiger partial charge in [0.15, 0.2) is 0 Å². The minimum absolute atomic E-state index is 0.309. The molecule has 16 heavy (non-hydrogen) atoms. The molecule has 1 N–H and O–H groups in total. The first-order valence-electron chi connectivity index (χ1n) is 4.77. The third-order valence-corrected chi connectivity index (χ3v) is 2.30. The van der Waals surface area contributed by atoms with Crippen molar-refractivity contribution in [1.82, 2.24) is 15.2 Å². The second-order valence-electron chi connectivity index (χ2n) is 3.35. The van der Waals surface area contributed by atoms with Crippen molar-refractivity contribution in [2.45, 2.75) is 6.92 Å². The number of rotatable bonds is 2. The number of ether oxygens (including phenoxy) is 1. The number of methoxy groups -OCH3 is 1. The van der Waals surface area contributed by atoms with Crippen molar-refractivity contribution in [3.63, 3.8) is 0 Å². The van der Waals surface area contributed by atoms with Crippen LogP contribution in [0.3, 0.4) is 0 Å². The molecule has 0 amide bonds. The van der Waals surface area contributed by atoms with Crippen LogP contribution in [0, 0.1) is 6.92 Å². The van der Waals surface area contributed by atoms with Crippen molar-refractivity contribution in [3.8, 4) is 11.3 Å². The van der Waals surface area contributed by atoms with E-state index in [0.717, 1.165) is 16.8 Å². The molecule has 2 aromatic heterocycles. The number of esters is 1. The third-order valence-electron chi connectivity index (χ3n) is 2.30. The number of carbonyl (C=O) groups excluding carboxylic acids is 1. The molecule has 0 aromatic carbocycles. The molecule has 0 atom stereocenters. The topological polar surface area (TPSA) is 67.9 Å². The van der Waals surface area contributed by atoms with E-state index in [9.17, 15) is 4.79 Å². The zero-order valence-electron chi connectivity index (χ0n) is 9.02. The van der Waals surface area contributed by atoms with Gasteiger partial charge in [-0.25, -0.2) is 9.78 Å². The molecule has 2 rings (SSSR count). The summed E-state index contributed by atoms with van der Waals surface area (Å²) in [7, 11) is 1.34. The van der Waals surface area contributed by atoms with Crippen LogP contribution in [0.1, 0.15) is 16.1 Å². The first-order chi connectivity index (χ1) is 7.72. The second kappa shape index (κ2) is 4.14. The van der Waals surface area contributed by atoms with E-state index in [1.165, 1.54) is 7.11 Å². The Morgan fingerprint density at radius 1 is 1.50 bits per heavy atom. The highest BCUT2D eigenvalue weighted by molar-refractivity contribution is 5.88. The average molecular weight is 217 g/mol. The van der Waals surface area contributed by atoms with Crippen LogP contribution in [0.5, 0.6) is 0 Å². The summed E-state index contributed by atoms with van der Waals surface area (Å²) in [6, 6.07) is 3.55. The standard InChI is InChI=1S/C11H11N3O2/c1-7-5-10(11(15)16-2)12-6-8(7)9-3-4-13-14-9/h3-6H,1-2H3,(H,13,14). The Bertz CT molecular complexity index is 506. The largest absolute Gasteiger partial charge is 0.464 e. The zero-order valence-corrected chi connectivity index (χ0v) is 9.02. The van der Waals surface area contributed by atoms with Gasteiger partial charge in [-0.3, -0.25) is 5.10 Å². The van der Waals surface area contributed by atoms with Gasteiger partial charge in [0.25, 0.3) is 0 Å². The van der Waals surface area contributed by atoms with Gasteiger partial charge < -0.3 is 4.74 Å². The number of hydrogen-bond acceptors (Lipinski definition) is 4. The molecule has 0 bridgehead atoms. The summed E-state index contributed by atoms with van der Waals surface area (Å²) in [5.41, 5.74) is 3.05. The molecule has 0 radical (unpaired) electrons. The minimum atomic E-state index is -0.431. The summed E-state index contributed by atoms with van der Waals surface area (Å²) in [4.78, 5) is 15.3. The maximum atomic E-state index is 11.3. The maximum absolute atomic E-state index is 11.3. The fourth-order valence-corrected chi connectivity index (χ4v) is 1.46. The molecule has 82 valence electrons. The van der Waals surface area contributed by atoms with E-state index in [2.05, 4.69) is 19.9 Å². The van der Waals surface area contributed by atoms with Crippen molar-refractivity contribution < 1.29 is 9.53 Å². The minimum Gasteiger partial charge on any atom is -0.464 e. The van der Waals surface area contributed by atoms with E-state index in [4.69, 9.17) is 0 Å². The summed E-state index contributed by atoms with van der Waals surface area (Å²) in [6.07, 6.45) is 3.30. The fourth-order valence-electron chi connectivity index (χ4n) is 1.46. The van der Waals surface area contributed by atoms with E-state index in [1.807, 2.05) is 13.0 Å². The summed E-state index contributed by atoms with van der Waals surface area (Å²) in [5.74, 6) is -0.431. The molecular formula is C11H11N3O2. The number of nitrogens with one attached hydrogen (secondary N) is 1. The predicted octanol–water partition coefficient (Wildman–Crippen LogP) is 1.57. The van der Waals surface area contributed by atoms with Gasteiger partial charge in [-0.1, -0.05) is 0 Å². The van der Waals surface area contributed by atoms with Gasteiger partial charge in [0.05, 0.1) is 12.8 Å². The van der Waals surface area contributed by atoms with Gasteiger partial charge in [-0.15, -0.1) is 0 Å². The normalized spacial score (nSPS) is 10.1. The lowest BCUT2D eigenvalue weighted by Gasteiger charge is -2.04. The first-order valence-corrected chi connectivity index (χ1v) is 4.77. The van der Waals surface area contributed by atoms with Crippen LogP contribution in [-0.4, -0.2) is 28.3 Å². The predicted molar refractivity (Wildman–Crippen MR) is 57.9 cm³/mol. The monoisotopic (exact) mass is 217 g/mol. The second-order valence-corrected chi connectivity index (χ2v) is 3.35. The Kier molecular flexibility index (Phi) is 2.68. The number of aromatic amines is 1. The number of nitrogens with zero attached hydrogens (tertiary/aromatic N) is 2. The average Bonchev–Trinajstić information content (AvgIpc) is 2.81. The van der Waals surface area contributed by atoms with Gasteiger partial charge in [0.2, 0.25) is 0 Å². The molecule has 0 fully saturated rings. The van der Waals surface area contributed by atoms with Crippen molar-refractivity contribution >= 4 is 5.97 Å². The summed E-state index contributed by atoms with van der Waals surface area (Å²) < 4.78 is 4.60. The highest BCUT2D eigenvalue weighted by atomic mass is 16.5. The van der Waals surface area contributed by atoms with E-state index >= 15 is 0 Å². The van der Waals surface area contributed by atoms with Gasteiger partial charge in [0.1, 0.15) is 5.69 Å². The van der Waals surface area contributed by atoms with E-state index < -0.39 is 5.97 Å². The maximum Gasteiger partial charge on any atom is 0.356 e. The number of carbonyl (C=O) groups is 1. The molecule has 2 aromatic rings. The number of aromatic nitrogens is 3. The van der Waals surface area contributed by atoms with Crippen LogP contribution < -0.4 is 0 Å². The molecule has 0 spiro atoms. The highest BCUT2D eigenvalue weighted by Gasteiger charge is 2.10. The van der Waals surface area contributed by atoms with Gasteiger partial charge in [-0.05, 0) is 24.6 Å². The number of H-pyrrole nitrogens is 1. The third kappa shape index (κ3) is 1.79. The van der Waals surface area contributed by atoms with Gasteiger partial charge >= 0.3 is 5.97 Å². The highest BCUT2D eigenvalue weighted by Crippen LogP contribution is 2.20. The van der Waals surface area contributed by atoms with Crippen molar-refractivity contribution in [1.29, 1.82) is 0 Å². The lowest BCUT2D eigenvalue weighted by molar-refractivity contribution is 0.0594. The van der Waals surface area contributed by atoms with Crippen LogP contribution in [0.15, 0.2) is 24.5 Å². The fraction of sp³-hybridized carbons (Fsp3) is 0.182. The van der Waals surface area contributed by atoms with Crippen LogP contribution in [-0.2, 0) is 4.74 Å². The Morgan fingerprint density at radius 2 is 2.31 bits per heavy atom. The molecule has 5 nitrogen and oxygen atoms in total. The smallest absolute Gasteiger partial charge is 0.356 e. The van der Waals surface area contributed by atoms with Gasteiger partial charge in [0, 0.05) is 18.0 Å². The van der Waals surface area contributed by atoms with Crippen molar-refractivity contribution in [2.75, 3.05) is 7.11 Å². The molecule has 0 aliphatic rings. The van der Waals surface area contributed by atoms with E-state index in [1.54, 1.807) is 18.5 Å². The van der Waals surface area contributed by atoms with Crippen LogP contribution >= 0.6 is 0 Å². The molecule has 5 heteroatoms. The summed E-state index contributed by atoms with van der Waals surface area (Å²) in [5, 5.41) is 6.72. The van der Waals surface area contributed by atoms with Crippen molar-refractivity contribution in [2.24, 2.45) is 0 Å². The molecule has 2 heterocycles. The van der Waals surface area contributed by atoms with E-state index in [-0.39, 0.29) is 0 Å². The Balaban J connectivity index is 2.41. The van der Waals surface area contributed by atoms with Crippen LogP contribution in [0.2, 0.25) is 0 Å².